The summed E-state index contributed by atoms with van der Waals surface area (Å²) >= 11 is 0. The van der Waals surface area contributed by atoms with Crippen molar-refractivity contribution in [3.63, 3.8) is 0 Å². The van der Waals surface area contributed by atoms with Crippen LogP contribution in [0.5, 0.6) is 5.75 Å². The molecule has 0 bridgehead atoms. The van der Waals surface area contributed by atoms with E-state index in [9.17, 15) is 0 Å². The fourth-order valence-corrected chi connectivity index (χ4v) is 3.19. The Morgan fingerprint density at radius 3 is 2.36 bits per heavy atom. The Balaban J connectivity index is 1.60. The van der Waals surface area contributed by atoms with Crippen molar-refractivity contribution in [2.24, 2.45) is 0 Å². The molecule has 0 N–H and O–H groups in total. The van der Waals surface area contributed by atoms with Gasteiger partial charge in [0, 0.05) is 0 Å². The highest BCUT2D eigenvalue weighted by Crippen LogP contribution is 2.31. The molecular weight excluding hydrogens is 270 g/mol. The average Bonchev–Trinajstić information content (AvgIpc) is 2.99. The van der Waals surface area contributed by atoms with E-state index in [1.54, 1.807) is 0 Å². The Labute approximate surface area is 136 Å². The molecule has 1 aromatic carbocycles. The molecule has 1 fully saturated rings. The normalized spacial score (nSPS) is 16.1. The zero-order chi connectivity index (χ0) is 15.8. The summed E-state index contributed by atoms with van der Waals surface area (Å²) in [7, 11) is 0. The van der Waals surface area contributed by atoms with Crippen LogP contribution in [0.1, 0.15) is 64.9 Å². The highest BCUT2D eigenvalue weighted by Gasteiger charge is 2.18. The maximum atomic E-state index is 6.03. The molecule has 22 heavy (non-hydrogen) atoms. The van der Waals surface area contributed by atoms with Gasteiger partial charge in [0.25, 0.3) is 0 Å². The van der Waals surface area contributed by atoms with Crippen LogP contribution in [-0.2, 0) is 5.41 Å². The summed E-state index contributed by atoms with van der Waals surface area (Å²) < 4.78 is 6.03. The molecule has 0 spiro atoms. The van der Waals surface area contributed by atoms with Gasteiger partial charge in [0.2, 0.25) is 0 Å². The molecule has 1 aliphatic heterocycles. The minimum absolute atomic E-state index is 0.145. The third kappa shape index (κ3) is 5.64. The topological polar surface area (TPSA) is 12.5 Å². The molecule has 2 nitrogen and oxygen atoms in total. The predicted molar refractivity (Wildman–Crippen MR) is 94.8 cm³/mol. The Morgan fingerprint density at radius 1 is 0.955 bits per heavy atom. The lowest BCUT2D eigenvalue weighted by atomic mass is 9.86. The Bertz CT molecular complexity index is 430. The number of para-hydroxylation sites is 1. The highest BCUT2D eigenvalue weighted by molar-refractivity contribution is 5.38. The second-order valence-corrected chi connectivity index (χ2v) is 7.56. The number of benzene rings is 1. The quantitative estimate of drug-likeness (QED) is 0.625. The summed E-state index contributed by atoms with van der Waals surface area (Å²) in [4.78, 5) is 2.61. The predicted octanol–water partition coefficient (Wildman–Crippen LogP) is 5.02. The number of hydrogen-bond acceptors (Lipinski definition) is 2. The summed E-state index contributed by atoms with van der Waals surface area (Å²) in [6, 6.07) is 8.46. The first-order valence-corrected chi connectivity index (χ1v) is 9.02. The van der Waals surface area contributed by atoms with E-state index < -0.39 is 0 Å². The van der Waals surface area contributed by atoms with E-state index in [-0.39, 0.29) is 5.41 Å². The zero-order valence-corrected chi connectivity index (χ0v) is 14.7. The molecule has 0 aliphatic carbocycles. The maximum Gasteiger partial charge on any atom is 0.123 e. The number of ether oxygens (including phenoxy) is 1. The van der Waals surface area contributed by atoms with Crippen LogP contribution in [0.4, 0.5) is 0 Å². The van der Waals surface area contributed by atoms with E-state index >= 15 is 0 Å². The zero-order valence-electron chi connectivity index (χ0n) is 14.7. The van der Waals surface area contributed by atoms with Crippen LogP contribution >= 0.6 is 0 Å². The van der Waals surface area contributed by atoms with E-state index in [4.69, 9.17) is 4.74 Å². The van der Waals surface area contributed by atoms with Crippen molar-refractivity contribution >= 4 is 0 Å². The van der Waals surface area contributed by atoms with Crippen LogP contribution in [0.2, 0.25) is 0 Å². The Kier molecular flexibility index (Phi) is 6.75. The van der Waals surface area contributed by atoms with E-state index in [0.29, 0.717) is 0 Å². The second kappa shape index (κ2) is 8.57. The van der Waals surface area contributed by atoms with Crippen LogP contribution in [0, 0.1) is 0 Å². The molecule has 0 saturated carbocycles. The lowest BCUT2D eigenvalue weighted by Gasteiger charge is -2.22. The molecule has 1 heterocycles. The SMILES string of the molecule is CC(C)(C)c1ccccc1OCCCCCCN1CCCC1. The van der Waals surface area contributed by atoms with Crippen molar-refractivity contribution in [2.45, 2.75) is 64.7 Å². The van der Waals surface area contributed by atoms with Crippen molar-refractivity contribution < 1.29 is 4.74 Å². The van der Waals surface area contributed by atoms with Crippen LogP contribution in [0.25, 0.3) is 0 Å². The lowest BCUT2D eigenvalue weighted by Crippen LogP contribution is -2.20. The summed E-state index contributed by atoms with van der Waals surface area (Å²) in [5.74, 6) is 1.06. The third-order valence-corrected chi connectivity index (χ3v) is 4.52. The van der Waals surface area contributed by atoms with E-state index in [2.05, 4.69) is 49.9 Å². The van der Waals surface area contributed by atoms with Crippen LogP contribution in [0.3, 0.4) is 0 Å². The van der Waals surface area contributed by atoms with E-state index in [1.165, 1.54) is 63.7 Å². The minimum Gasteiger partial charge on any atom is -0.493 e. The van der Waals surface area contributed by atoms with Gasteiger partial charge < -0.3 is 9.64 Å². The van der Waals surface area contributed by atoms with Crippen LogP contribution < -0.4 is 4.74 Å². The van der Waals surface area contributed by atoms with Gasteiger partial charge >= 0.3 is 0 Å². The summed E-state index contributed by atoms with van der Waals surface area (Å²) in [6.45, 7) is 11.5. The largest absolute Gasteiger partial charge is 0.493 e. The molecule has 124 valence electrons. The number of rotatable bonds is 8. The first-order valence-electron chi connectivity index (χ1n) is 9.02. The fourth-order valence-electron chi connectivity index (χ4n) is 3.19. The van der Waals surface area contributed by atoms with Crippen molar-refractivity contribution in [3.05, 3.63) is 29.8 Å². The molecule has 0 radical (unpaired) electrons. The van der Waals surface area contributed by atoms with Gasteiger partial charge in [0.1, 0.15) is 5.75 Å². The molecule has 0 unspecified atom stereocenters. The van der Waals surface area contributed by atoms with Gasteiger partial charge in [-0.05, 0) is 62.4 Å². The average molecular weight is 303 g/mol. The molecule has 2 heteroatoms. The number of nitrogens with zero attached hydrogens (tertiary/aromatic N) is 1. The molecule has 2 rings (SSSR count). The fraction of sp³-hybridized carbons (Fsp3) is 0.700. The van der Waals surface area contributed by atoms with Crippen LogP contribution in [0.15, 0.2) is 24.3 Å². The Hall–Kier alpha value is -1.02. The summed E-state index contributed by atoms with van der Waals surface area (Å²) in [6.07, 6.45) is 7.94. The molecule has 1 aliphatic rings. The third-order valence-electron chi connectivity index (χ3n) is 4.52. The van der Waals surface area contributed by atoms with Gasteiger partial charge in [0.05, 0.1) is 6.61 Å². The van der Waals surface area contributed by atoms with Crippen LogP contribution in [-0.4, -0.2) is 31.1 Å². The summed E-state index contributed by atoms with van der Waals surface area (Å²) in [5, 5.41) is 0. The molecule has 0 atom stereocenters. The van der Waals surface area contributed by atoms with E-state index in [1.807, 2.05) is 0 Å². The molecule has 0 amide bonds. The van der Waals surface area contributed by atoms with Gasteiger partial charge in [-0.15, -0.1) is 0 Å². The van der Waals surface area contributed by atoms with Crippen molar-refractivity contribution in [3.8, 4) is 5.75 Å². The van der Waals surface area contributed by atoms with Gasteiger partial charge in [-0.25, -0.2) is 0 Å². The standard InChI is InChI=1S/C20H33NO/c1-20(2,3)18-12-6-7-13-19(18)22-17-11-5-4-8-14-21-15-9-10-16-21/h6-7,12-13H,4-5,8-11,14-17H2,1-3H3. The Morgan fingerprint density at radius 2 is 1.64 bits per heavy atom. The maximum absolute atomic E-state index is 6.03. The summed E-state index contributed by atoms with van der Waals surface area (Å²) in [5.41, 5.74) is 1.45. The smallest absolute Gasteiger partial charge is 0.123 e. The lowest BCUT2D eigenvalue weighted by molar-refractivity contribution is 0.291. The first kappa shape index (κ1) is 17.3. The van der Waals surface area contributed by atoms with Crippen molar-refractivity contribution in [2.75, 3.05) is 26.2 Å². The molecule has 1 saturated heterocycles. The first-order chi connectivity index (χ1) is 10.6. The minimum atomic E-state index is 0.145. The molecule has 0 aromatic heterocycles. The van der Waals surface area contributed by atoms with Gasteiger partial charge in [0.15, 0.2) is 0 Å². The highest BCUT2D eigenvalue weighted by atomic mass is 16.5. The van der Waals surface area contributed by atoms with Gasteiger partial charge in [-0.3, -0.25) is 0 Å². The van der Waals surface area contributed by atoms with Crippen molar-refractivity contribution in [1.82, 2.24) is 4.90 Å². The number of unbranched alkanes of at least 4 members (excludes halogenated alkanes) is 3. The molecular formula is C20H33NO. The van der Waals surface area contributed by atoms with E-state index in [0.717, 1.165) is 12.4 Å². The van der Waals surface area contributed by atoms with Gasteiger partial charge in [-0.1, -0.05) is 51.8 Å². The monoisotopic (exact) mass is 303 g/mol. The van der Waals surface area contributed by atoms with Gasteiger partial charge in [-0.2, -0.15) is 0 Å². The number of hydrogen-bond donors (Lipinski definition) is 0. The second-order valence-electron chi connectivity index (χ2n) is 7.56. The van der Waals surface area contributed by atoms with Crippen molar-refractivity contribution in [1.29, 1.82) is 0 Å². The number of likely N-dealkylation sites (tertiary alicyclic amines) is 1. The molecule has 1 aromatic rings.